The number of likely N-dealkylation sites (tertiary alicyclic amines) is 1. The zero-order valence-corrected chi connectivity index (χ0v) is 24.9. The predicted octanol–water partition coefficient (Wildman–Crippen LogP) is 1.01. The number of hydrogen-bond donors (Lipinski definition) is 1. The van der Waals surface area contributed by atoms with Crippen molar-refractivity contribution >= 4 is 17.7 Å². The molecule has 10 nitrogen and oxygen atoms in total. The van der Waals surface area contributed by atoms with Crippen LogP contribution >= 0.6 is 0 Å². The van der Waals surface area contributed by atoms with E-state index in [4.69, 9.17) is 9.47 Å². The van der Waals surface area contributed by atoms with Crippen LogP contribution in [0.2, 0.25) is 0 Å². The van der Waals surface area contributed by atoms with Crippen LogP contribution < -0.4 is 0 Å². The normalized spacial score (nSPS) is 34.2. The number of fused-ring (bicyclic) bond motifs is 1. The third-order valence-corrected chi connectivity index (χ3v) is 9.80. The van der Waals surface area contributed by atoms with Gasteiger partial charge in [-0.2, -0.15) is 0 Å². The fraction of sp³-hybridized carbons (Fsp3) is 0.767. The van der Waals surface area contributed by atoms with Crippen LogP contribution in [-0.2, 0) is 23.9 Å². The molecule has 4 heterocycles. The highest BCUT2D eigenvalue weighted by atomic mass is 16.5. The maximum absolute atomic E-state index is 14.6. The molecule has 0 aromatic heterocycles. The van der Waals surface area contributed by atoms with E-state index in [1.165, 1.54) is 0 Å². The number of rotatable bonds is 12. The molecule has 40 heavy (non-hydrogen) atoms. The van der Waals surface area contributed by atoms with E-state index in [0.717, 1.165) is 13.1 Å². The SMILES string of the molecule is C=CCN(C)C(=O)[C@H]1[C@H]2C(=O)N([C@@H](CO)C(C)C)C(C(=O)N(CC=C)CCN3CCOCC3)C23CC(C)[C@]1(C)O3. The summed E-state index contributed by atoms with van der Waals surface area (Å²) in [6, 6.07) is -1.53. The van der Waals surface area contributed by atoms with Crippen LogP contribution in [0.4, 0.5) is 0 Å². The Hall–Kier alpha value is -2.27. The highest BCUT2D eigenvalue weighted by molar-refractivity contribution is 5.99. The average Bonchev–Trinajstić information content (AvgIpc) is 3.43. The number of carbonyl (C=O) groups excluding carboxylic acids is 3. The Bertz CT molecular complexity index is 999. The molecule has 4 aliphatic rings. The fourth-order valence-corrected chi connectivity index (χ4v) is 7.54. The molecule has 224 valence electrons. The van der Waals surface area contributed by atoms with Crippen molar-refractivity contribution in [2.24, 2.45) is 23.7 Å². The lowest BCUT2D eigenvalue weighted by Gasteiger charge is -2.41. The summed E-state index contributed by atoms with van der Waals surface area (Å²) in [6.07, 6.45) is 3.85. The van der Waals surface area contributed by atoms with Crippen molar-refractivity contribution in [2.75, 3.05) is 66.1 Å². The monoisotopic (exact) mass is 560 g/mol. The average molecular weight is 561 g/mol. The molecule has 4 fully saturated rings. The van der Waals surface area contributed by atoms with Gasteiger partial charge >= 0.3 is 0 Å². The fourth-order valence-electron chi connectivity index (χ4n) is 7.54. The molecule has 3 unspecified atom stereocenters. The van der Waals surface area contributed by atoms with Gasteiger partial charge in [0, 0.05) is 46.3 Å². The van der Waals surface area contributed by atoms with E-state index in [9.17, 15) is 19.5 Å². The van der Waals surface area contributed by atoms with E-state index >= 15 is 0 Å². The Kier molecular flexibility index (Phi) is 9.14. The van der Waals surface area contributed by atoms with E-state index in [2.05, 4.69) is 18.1 Å². The second-order valence-corrected chi connectivity index (χ2v) is 12.5. The van der Waals surface area contributed by atoms with Gasteiger partial charge in [0.15, 0.2) is 0 Å². The molecule has 1 N–H and O–H groups in total. The van der Waals surface area contributed by atoms with E-state index in [0.29, 0.717) is 45.8 Å². The maximum atomic E-state index is 14.6. The number of hydrogen-bond acceptors (Lipinski definition) is 7. The van der Waals surface area contributed by atoms with Gasteiger partial charge in [-0.15, -0.1) is 13.2 Å². The Labute approximate surface area is 238 Å². The van der Waals surface area contributed by atoms with Crippen molar-refractivity contribution in [1.82, 2.24) is 19.6 Å². The van der Waals surface area contributed by atoms with Crippen molar-refractivity contribution < 1.29 is 29.0 Å². The number of carbonyl (C=O) groups is 3. The zero-order chi connectivity index (χ0) is 29.4. The minimum Gasteiger partial charge on any atom is -0.394 e. The minimum atomic E-state index is -1.15. The molecule has 0 aliphatic carbocycles. The predicted molar refractivity (Wildman–Crippen MR) is 151 cm³/mol. The van der Waals surface area contributed by atoms with Gasteiger partial charge in [-0.3, -0.25) is 19.3 Å². The number of ether oxygens (including phenoxy) is 2. The highest BCUT2D eigenvalue weighted by Gasteiger charge is 2.80. The van der Waals surface area contributed by atoms with Crippen molar-refractivity contribution in [3.63, 3.8) is 0 Å². The first-order valence-electron chi connectivity index (χ1n) is 14.7. The standard InChI is InChI=1S/C30H48N4O6/c1-8-10-31(7)26(36)23-24-27(37)34(22(19-35)20(3)4)25(30(24)18-21(5)29(23,6)40-30)28(38)33(11-9-2)13-12-32-14-16-39-17-15-32/h8-9,20-25,35H,1-2,10-19H2,3-7H3/t21?,22-,23+,24-,25?,29-,30?/m0/s1. The molecule has 3 amide bonds. The van der Waals surface area contributed by atoms with Gasteiger partial charge in [0.1, 0.15) is 11.6 Å². The molecule has 10 heteroatoms. The summed E-state index contributed by atoms with van der Waals surface area (Å²) in [4.78, 5) is 50.1. The van der Waals surface area contributed by atoms with Crippen LogP contribution in [0.1, 0.15) is 34.1 Å². The van der Waals surface area contributed by atoms with Crippen LogP contribution in [0.25, 0.3) is 0 Å². The molecular weight excluding hydrogens is 512 g/mol. The molecule has 7 atom stereocenters. The number of morpholine rings is 1. The molecule has 0 radical (unpaired) electrons. The third-order valence-electron chi connectivity index (χ3n) is 9.80. The van der Waals surface area contributed by atoms with Crippen molar-refractivity contribution in [3.8, 4) is 0 Å². The van der Waals surface area contributed by atoms with Crippen LogP contribution in [0, 0.1) is 23.7 Å². The molecule has 0 aromatic carbocycles. The first-order valence-corrected chi connectivity index (χ1v) is 14.7. The second-order valence-electron chi connectivity index (χ2n) is 12.5. The van der Waals surface area contributed by atoms with E-state index in [1.807, 2.05) is 27.7 Å². The Balaban J connectivity index is 1.76. The van der Waals surface area contributed by atoms with Crippen molar-refractivity contribution in [2.45, 2.75) is 57.4 Å². The van der Waals surface area contributed by atoms with Crippen LogP contribution in [0.3, 0.4) is 0 Å². The van der Waals surface area contributed by atoms with Gasteiger partial charge in [-0.25, -0.2) is 0 Å². The van der Waals surface area contributed by atoms with E-state index in [1.54, 1.807) is 33.9 Å². The summed E-state index contributed by atoms with van der Waals surface area (Å²) in [5.74, 6) is -2.37. The third kappa shape index (κ3) is 4.91. The molecule has 2 bridgehead atoms. The van der Waals surface area contributed by atoms with Gasteiger partial charge < -0.3 is 29.3 Å². The van der Waals surface area contributed by atoms with E-state index in [-0.39, 0.29) is 36.2 Å². The molecule has 1 spiro atoms. The number of likely N-dealkylation sites (N-methyl/N-ethyl adjacent to an activating group) is 1. The highest BCUT2D eigenvalue weighted by Crippen LogP contribution is 2.65. The Morgan fingerprint density at radius 1 is 1.18 bits per heavy atom. The lowest BCUT2D eigenvalue weighted by atomic mass is 9.62. The number of aliphatic hydroxyl groups is 1. The van der Waals surface area contributed by atoms with Gasteiger partial charge in [0.25, 0.3) is 0 Å². The van der Waals surface area contributed by atoms with E-state index < -0.39 is 35.1 Å². The van der Waals surface area contributed by atoms with Gasteiger partial charge in [-0.05, 0) is 25.2 Å². The summed E-state index contributed by atoms with van der Waals surface area (Å²) in [5, 5.41) is 10.5. The number of nitrogens with zero attached hydrogens (tertiary/aromatic N) is 4. The van der Waals surface area contributed by atoms with Crippen LogP contribution in [0.5, 0.6) is 0 Å². The summed E-state index contributed by atoms with van der Waals surface area (Å²) in [7, 11) is 1.71. The second kappa shape index (κ2) is 11.9. The quantitative estimate of drug-likeness (QED) is 0.356. The first kappa shape index (κ1) is 30.7. The van der Waals surface area contributed by atoms with Crippen LogP contribution in [-0.4, -0.2) is 132 Å². The Morgan fingerprint density at radius 3 is 2.40 bits per heavy atom. The molecule has 4 rings (SSSR count). The summed E-state index contributed by atoms with van der Waals surface area (Å²) in [5.41, 5.74) is -2.04. The smallest absolute Gasteiger partial charge is 0.248 e. The van der Waals surface area contributed by atoms with Crippen molar-refractivity contribution in [1.29, 1.82) is 0 Å². The summed E-state index contributed by atoms with van der Waals surface area (Å²) < 4.78 is 12.3. The molecular formula is C30H48N4O6. The molecule has 0 aromatic rings. The number of amides is 3. The van der Waals surface area contributed by atoms with Crippen molar-refractivity contribution in [3.05, 3.63) is 25.3 Å². The molecule has 4 saturated heterocycles. The van der Waals surface area contributed by atoms with Crippen LogP contribution in [0.15, 0.2) is 25.3 Å². The zero-order valence-electron chi connectivity index (χ0n) is 24.9. The molecule has 4 aliphatic heterocycles. The maximum Gasteiger partial charge on any atom is 0.248 e. The van der Waals surface area contributed by atoms with Gasteiger partial charge in [0.2, 0.25) is 17.7 Å². The molecule has 0 saturated carbocycles. The largest absolute Gasteiger partial charge is 0.394 e. The number of aliphatic hydroxyl groups excluding tert-OH is 1. The van der Waals surface area contributed by atoms with Gasteiger partial charge in [0.05, 0.1) is 43.3 Å². The van der Waals surface area contributed by atoms with Gasteiger partial charge in [-0.1, -0.05) is 32.9 Å². The summed E-state index contributed by atoms with van der Waals surface area (Å²) >= 11 is 0. The lowest BCUT2D eigenvalue weighted by molar-refractivity contribution is -0.158. The Morgan fingerprint density at radius 2 is 1.82 bits per heavy atom. The first-order chi connectivity index (χ1) is 19.0. The lowest BCUT2D eigenvalue weighted by Crippen LogP contribution is -2.60. The minimum absolute atomic E-state index is 0.0503. The summed E-state index contributed by atoms with van der Waals surface area (Å²) in [6.45, 7) is 19.9. The topological polar surface area (TPSA) is 103 Å².